The molecule has 0 aliphatic carbocycles. The molecule has 3 N–H and O–H groups in total. The van der Waals surface area contributed by atoms with E-state index in [9.17, 15) is 9.18 Å². The molecule has 1 amide bonds. The van der Waals surface area contributed by atoms with Crippen LogP contribution in [0.25, 0.3) is 11.3 Å². The Morgan fingerprint density at radius 1 is 1.39 bits per heavy atom. The number of carbonyl (C=O) groups is 1. The first-order chi connectivity index (χ1) is 13.3. The largest absolute Gasteiger partial charge is 0.354 e. The van der Waals surface area contributed by atoms with Crippen molar-refractivity contribution in [2.24, 2.45) is 12.8 Å². The molecule has 8 heteroatoms. The summed E-state index contributed by atoms with van der Waals surface area (Å²) < 4.78 is 14.6. The number of nitrogens with two attached hydrogens (primary N) is 1. The van der Waals surface area contributed by atoms with Gasteiger partial charge in [-0.05, 0) is 44.0 Å². The van der Waals surface area contributed by atoms with Crippen LogP contribution in [0.4, 0.5) is 4.39 Å². The molecular weight excluding hydrogens is 399 g/mol. The smallest absolute Gasteiger partial charge is 0.207 e. The Morgan fingerprint density at radius 2 is 2.14 bits per heavy atom. The molecule has 1 aromatic carbocycles. The highest BCUT2D eigenvalue weighted by molar-refractivity contribution is 7.12. The van der Waals surface area contributed by atoms with E-state index in [2.05, 4.69) is 30.3 Å². The molecule has 0 saturated carbocycles. The molecule has 3 aromatic rings. The SMILES string of the molecule is Cc1cc(-c2c(Cl)cnn2C)c(C)s1.NC[C@H](Cc1cccc(F)c1)NC=O. The molecule has 0 bridgehead atoms. The third-order valence-electron chi connectivity index (χ3n) is 4.15. The van der Waals surface area contributed by atoms with Crippen LogP contribution in [-0.2, 0) is 18.3 Å². The molecule has 2 heterocycles. The van der Waals surface area contributed by atoms with Gasteiger partial charge in [0.2, 0.25) is 6.41 Å². The topological polar surface area (TPSA) is 72.9 Å². The third kappa shape index (κ3) is 5.89. The molecule has 1 atom stereocenters. The van der Waals surface area contributed by atoms with Crippen molar-refractivity contribution in [3.05, 3.63) is 62.7 Å². The highest BCUT2D eigenvalue weighted by Gasteiger charge is 2.13. The Bertz CT molecular complexity index is 905. The van der Waals surface area contributed by atoms with Crippen LogP contribution in [0, 0.1) is 19.7 Å². The fraction of sp³-hybridized carbons (Fsp3) is 0.300. The number of thiophene rings is 1. The van der Waals surface area contributed by atoms with E-state index in [0.29, 0.717) is 24.4 Å². The maximum absolute atomic E-state index is 12.8. The minimum Gasteiger partial charge on any atom is -0.354 e. The zero-order chi connectivity index (χ0) is 20.7. The van der Waals surface area contributed by atoms with E-state index < -0.39 is 0 Å². The lowest BCUT2D eigenvalue weighted by atomic mass is 10.1. The van der Waals surface area contributed by atoms with Gasteiger partial charge in [0.25, 0.3) is 0 Å². The van der Waals surface area contributed by atoms with Gasteiger partial charge in [-0.15, -0.1) is 11.3 Å². The summed E-state index contributed by atoms with van der Waals surface area (Å²) in [5.41, 5.74) is 8.46. The zero-order valence-electron chi connectivity index (χ0n) is 16.1. The van der Waals surface area contributed by atoms with Crippen molar-refractivity contribution in [1.29, 1.82) is 0 Å². The summed E-state index contributed by atoms with van der Waals surface area (Å²) in [6, 6.07) is 8.29. The lowest BCUT2D eigenvalue weighted by Crippen LogP contribution is -2.36. The minimum absolute atomic E-state index is 0.130. The van der Waals surface area contributed by atoms with Crippen molar-refractivity contribution in [3.63, 3.8) is 0 Å². The lowest BCUT2D eigenvalue weighted by molar-refractivity contribution is -0.110. The number of hydrogen-bond acceptors (Lipinski definition) is 4. The monoisotopic (exact) mass is 422 g/mol. The van der Waals surface area contributed by atoms with Gasteiger partial charge in [0.1, 0.15) is 5.82 Å². The second kappa shape index (κ2) is 10.4. The van der Waals surface area contributed by atoms with Gasteiger partial charge in [-0.3, -0.25) is 9.48 Å². The number of halogens is 2. The number of amides is 1. The number of aromatic nitrogens is 2. The van der Waals surface area contributed by atoms with Crippen LogP contribution in [0.15, 0.2) is 36.5 Å². The van der Waals surface area contributed by atoms with Crippen LogP contribution < -0.4 is 11.1 Å². The highest BCUT2D eigenvalue weighted by Crippen LogP contribution is 2.34. The Labute approximate surface area is 173 Å². The van der Waals surface area contributed by atoms with Gasteiger partial charge in [0.05, 0.1) is 16.9 Å². The molecule has 0 aliphatic rings. The molecule has 150 valence electrons. The fourth-order valence-electron chi connectivity index (χ4n) is 2.83. The highest BCUT2D eigenvalue weighted by atomic mass is 35.5. The third-order valence-corrected chi connectivity index (χ3v) is 5.39. The molecule has 0 saturated heterocycles. The number of nitrogens with zero attached hydrogens (tertiary/aromatic N) is 2. The number of hydrogen-bond donors (Lipinski definition) is 2. The zero-order valence-corrected chi connectivity index (χ0v) is 17.6. The lowest BCUT2D eigenvalue weighted by Gasteiger charge is -2.13. The summed E-state index contributed by atoms with van der Waals surface area (Å²) in [6.07, 6.45) is 2.84. The molecular formula is C20H24ClFN4OS. The van der Waals surface area contributed by atoms with E-state index >= 15 is 0 Å². The predicted octanol–water partition coefficient (Wildman–Crippen LogP) is 3.86. The Morgan fingerprint density at radius 3 is 2.64 bits per heavy atom. The first kappa shape index (κ1) is 22.1. The van der Waals surface area contributed by atoms with E-state index in [1.54, 1.807) is 29.7 Å². The number of nitrogens with one attached hydrogen (secondary N) is 1. The first-order valence-electron chi connectivity index (χ1n) is 8.74. The Balaban J connectivity index is 0.000000200. The number of benzene rings is 1. The summed E-state index contributed by atoms with van der Waals surface area (Å²) in [4.78, 5) is 12.8. The summed E-state index contributed by atoms with van der Waals surface area (Å²) in [5, 5.41) is 7.42. The van der Waals surface area contributed by atoms with Gasteiger partial charge in [-0.25, -0.2) is 4.39 Å². The second-order valence-corrected chi connectivity index (χ2v) is 8.21. The van der Waals surface area contributed by atoms with Crippen LogP contribution in [0.5, 0.6) is 0 Å². The molecule has 0 fully saturated rings. The van der Waals surface area contributed by atoms with Crippen molar-refractivity contribution >= 4 is 29.3 Å². The summed E-state index contributed by atoms with van der Waals surface area (Å²) in [7, 11) is 1.91. The molecule has 3 rings (SSSR count). The van der Waals surface area contributed by atoms with E-state index in [-0.39, 0.29) is 11.9 Å². The molecule has 0 aliphatic heterocycles. The van der Waals surface area contributed by atoms with Gasteiger partial charge in [0.15, 0.2) is 0 Å². The maximum atomic E-state index is 12.8. The number of aryl methyl sites for hydroxylation is 3. The van der Waals surface area contributed by atoms with Crippen molar-refractivity contribution in [2.45, 2.75) is 26.3 Å². The molecule has 28 heavy (non-hydrogen) atoms. The molecule has 0 spiro atoms. The van der Waals surface area contributed by atoms with E-state index in [4.69, 9.17) is 17.3 Å². The minimum atomic E-state index is -0.274. The molecule has 2 aromatic heterocycles. The molecule has 0 radical (unpaired) electrons. The predicted molar refractivity (Wildman–Crippen MR) is 113 cm³/mol. The number of rotatable bonds is 6. The van der Waals surface area contributed by atoms with Crippen molar-refractivity contribution in [3.8, 4) is 11.3 Å². The van der Waals surface area contributed by atoms with E-state index in [0.717, 1.165) is 11.3 Å². The van der Waals surface area contributed by atoms with Gasteiger partial charge in [-0.1, -0.05) is 23.7 Å². The normalized spacial score (nSPS) is 11.5. The van der Waals surface area contributed by atoms with Crippen LogP contribution in [-0.4, -0.2) is 28.8 Å². The fourth-order valence-corrected chi connectivity index (χ4v) is 4.03. The molecule has 5 nitrogen and oxygen atoms in total. The van der Waals surface area contributed by atoms with Gasteiger partial charge in [-0.2, -0.15) is 5.10 Å². The Hall–Kier alpha value is -2.22. The second-order valence-electron chi connectivity index (χ2n) is 6.34. The van der Waals surface area contributed by atoms with Crippen molar-refractivity contribution in [2.75, 3.05) is 6.54 Å². The first-order valence-corrected chi connectivity index (χ1v) is 9.94. The van der Waals surface area contributed by atoms with Gasteiger partial charge in [0, 0.05) is 35.0 Å². The summed E-state index contributed by atoms with van der Waals surface area (Å²) >= 11 is 7.87. The average Bonchev–Trinajstić information content (AvgIpc) is 3.15. The Kier molecular flexibility index (Phi) is 8.17. The molecule has 0 unspecified atom stereocenters. The summed E-state index contributed by atoms with van der Waals surface area (Å²) in [5.74, 6) is -0.274. The van der Waals surface area contributed by atoms with Crippen LogP contribution in [0.2, 0.25) is 5.02 Å². The van der Waals surface area contributed by atoms with Gasteiger partial charge >= 0.3 is 0 Å². The van der Waals surface area contributed by atoms with Gasteiger partial charge < -0.3 is 11.1 Å². The van der Waals surface area contributed by atoms with Crippen molar-refractivity contribution in [1.82, 2.24) is 15.1 Å². The standard InChI is InChI=1S/C10H11ClN2S.C10H13FN2O/c1-6-4-8(7(2)14-6)10-9(11)5-12-13(10)3;11-9-3-1-2-8(4-9)5-10(6-12)13-7-14/h4-5H,1-3H3;1-4,7,10H,5-6,12H2,(H,13,14)/t;10-/m.0/s1. The van der Waals surface area contributed by atoms with Crippen LogP contribution >= 0.6 is 22.9 Å². The quantitative estimate of drug-likeness (QED) is 0.592. The van der Waals surface area contributed by atoms with Crippen LogP contribution in [0.1, 0.15) is 15.3 Å². The summed E-state index contributed by atoms with van der Waals surface area (Å²) in [6.45, 7) is 4.55. The average molecular weight is 423 g/mol. The van der Waals surface area contributed by atoms with Crippen LogP contribution in [0.3, 0.4) is 0 Å². The maximum Gasteiger partial charge on any atom is 0.207 e. The van der Waals surface area contributed by atoms with E-state index in [1.807, 2.05) is 11.7 Å². The number of carbonyl (C=O) groups excluding carboxylic acids is 1. The van der Waals surface area contributed by atoms with Crippen molar-refractivity contribution < 1.29 is 9.18 Å². The van der Waals surface area contributed by atoms with E-state index in [1.165, 1.54) is 27.5 Å².